The molecule has 1 fully saturated rings. The van der Waals surface area contributed by atoms with Crippen molar-refractivity contribution in [2.75, 3.05) is 57.2 Å². The molecule has 138 valence electrons. The predicted molar refractivity (Wildman–Crippen MR) is 101 cm³/mol. The van der Waals surface area contributed by atoms with Crippen molar-refractivity contribution in [3.05, 3.63) is 42.6 Å². The summed E-state index contributed by atoms with van der Waals surface area (Å²) in [6.07, 6.45) is 1.68. The maximum atomic E-state index is 12.0. The Kier molecular flexibility index (Phi) is 5.91. The van der Waals surface area contributed by atoms with Crippen LogP contribution < -0.4 is 19.7 Å². The smallest absolute Gasteiger partial charge is 0.262 e. The van der Waals surface area contributed by atoms with Gasteiger partial charge in [0.2, 0.25) is 0 Å². The fourth-order valence-corrected chi connectivity index (χ4v) is 2.70. The zero-order chi connectivity index (χ0) is 18.4. The average Bonchev–Trinajstić information content (AvgIpc) is 2.68. The number of nitrogens with one attached hydrogen (secondary N) is 1. The van der Waals surface area contributed by atoms with Crippen molar-refractivity contribution in [2.45, 2.75) is 0 Å². The molecule has 1 aromatic heterocycles. The Morgan fingerprint density at radius 1 is 1.08 bits per heavy atom. The van der Waals surface area contributed by atoms with Gasteiger partial charge in [-0.2, -0.15) is 0 Å². The van der Waals surface area contributed by atoms with E-state index in [0.29, 0.717) is 11.4 Å². The largest absolute Gasteiger partial charge is 0.497 e. The molecule has 1 aliphatic rings. The van der Waals surface area contributed by atoms with Crippen molar-refractivity contribution in [3.8, 4) is 11.5 Å². The van der Waals surface area contributed by atoms with Gasteiger partial charge in [0.15, 0.2) is 6.61 Å². The number of rotatable bonds is 6. The monoisotopic (exact) mass is 356 g/mol. The standard InChI is InChI=1S/C19H24N4O3/c1-22-9-11-23(12-10-22)18-8-3-15(13-20-18)21-19(24)14-26-17-6-4-16(25-2)5-7-17/h3-8,13H,9-12,14H2,1-2H3,(H,21,24). The zero-order valence-corrected chi connectivity index (χ0v) is 15.1. The SMILES string of the molecule is COc1ccc(OCC(=O)Nc2ccc(N3CCN(C)CC3)nc2)cc1. The van der Waals surface area contributed by atoms with Gasteiger partial charge >= 0.3 is 0 Å². The lowest BCUT2D eigenvalue weighted by atomic mass is 10.3. The third kappa shape index (κ3) is 4.86. The summed E-state index contributed by atoms with van der Waals surface area (Å²) in [5, 5.41) is 2.79. The van der Waals surface area contributed by atoms with E-state index in [1.807, 2.05) is 12.1 Å². The molecular weight excluding hydrogens is 332 g/mol. The van der Waals surface area contributed by atoms with Gasteiger partial charge in [-0.3, -0.25) is 4.79 Å². The first-order valence-corrected chi connectivity index (χ1v) is 8.60. The van der Waals surface area contributed by atoms with Gasteiger partial charge in [-0.05, 0) is 43.4 Å². The van der Waals surface area contributed by atoms with E-state index in [2.05, 4.69) is 27.1 Å². The normalized spacial score (nSPS) is 14.8. The molecule has 7 nitrogen and oxygen atoms in total. The first-order chi connectivity index (χ1) is 12.6. The molecule has 2 aromatic rings. The molecule has 0 saturated carbocycles. The molecule has 0 spiro atoms. The highest BCUT2D eigenvalue weighted by Crippen LogP contribution is 2.18. The molecule has 1 aromatic carbocycles. The third-order valence-corrected chi connectivity index (χ3v) is 4.29. The van der Waals surface area contributed by atoms with E-state index in [4.69, 9.17) is 9.47 Å². The Morgan fingerprint density at radius 2 is 1.77 bits per heavy atom. The van der Waals surface area contributed by atoms with Crippen molar-refractivity contribution < 1.29 is 14.3 Å². The van der Waals surface area contributed by atoms with Gasteiger partial charge in [0.25, 0.3) is 5.91 Å². The van der Waals surface area contributed by atoms with Crippen LogP contribution in [-0.2, 0) is 4.79 Å². The molecule has 1 N–H and O–H groups in total. The van der Waals surface area contributed by atoms with E-state index in [0.717, 1.165) is 37.7 Å². The quantitative estimate of drug-likeness (QED) is 0.852. The first-order valence-electron chi connectivity index (χ1n) is 8.60. The van der Waals surface area contributed by atoms with Crippen molar-refractivity contribution in [1.29, 1.82) is 0 Å². The minimum Gasteiger partial charge on any atom is -0.497 e. The highest BCUT2D eigenvalue weighted by molar-refractivity contribution is 5.91. The van der Waals surface area contributed by atoms with E-state index < -0.39 is 0 Å². The summed E-state index contributed by atoms with van der Waals surface area (Å²) >= 11 is 0. The Hall–Kier alpha value is -2.80. The maximum Gasteiger partial charge on any atom is 0.262 e. The fraction of sp³-hybridized carbons (Fsp3) is 0.368. The van der Waals surface area contributed by atoms with E-state index in [9.17, 15) is 4.79 Å². The molecule has 1 amide bonds. The number of amides is 1. The van der Waals surface area contributed by atoms with Gasteiger partial charge in [-0.1, -0.05) is 0 Å². The third-order valence-electron chi connectivity index (χ3n) is 4.29. The number of aromatic nitrogens is 1. The van der Waals surface area contributed by atoms with Crippen LogP contribution >= 0.6 is 0 Å². The molecule has 0 bridgehead atoms. The van der Waals surface area contributed by atoms with Gasteiger partial charge in [0.1, 0.15) is 17.3 Å². The minimum atomic E-state index is -0.227. The van der Waals surface area contributed by atoms with Gasteiger partial charge in [0.05, 0.1) is 19.0 Å². The molecule has 26 heavy (non-hydrogen) atoms. The molecule has 3 rings (SSSR count). The number of benzene rings is 1. The summed E-state index contributed by atoms with van der Waals surface area (Å²) in [4.78, 5) is 21.0. The van der Waals surface area contributed by atoms with Crippen LogP contribution in [0.4, 0.5) is 11.5 Å². The summed E-state index contributed by atoms with van der Waals surface area (Å²) in [5.41, 5.74) is 0.659. The van der Waals surface area contributed by atoms with Crippen molar-refractivity contribution in [2.24, 2.45) is 0 Å². The molecular formula is C19H24N4O3. The Bertz CT molecular complexity index is 711. The lowest BCUT2D eigenvalue weighted by Crippen LogP contribution is -2.44. The van der Waals surface area contributed by atoms with Crippen LogP contribution in [0.3, 0.4) is 0 Å². The number of hydrogen-bond donors (Lipinski definition) is 1. The average molecular weight is 356 g/mol. The molecule has 1 saturated heterocycles. The number of piperazine rings is 1. The van der Waals surface area contributed by atoms with Gasteiger partial charge < -0.3 is 24.6 Å². The second kappa shape index (κ2) is 8.53. The van der Waals surface area contributed by atoms with Gasteiger partial charge in [-0.25, -0.2) is 4.98 Å². The van der Waals surface area contributed by atoms with Crippen molar-refractivity contribution in [3.63, 3.8) is 0 Å². The van der Waals surface area contributed by atoms with E-state index in [1.54, 1.807) is 37.6 Å². The predicted octanol–water partition coefficient (Wildman–Crippen LogP) is 1.86. The van der Waals surface area contributed by atoms with Crippen LogP contribution in [0.15, 0.2) is 42.6 Å². The number of hydrogen-bond acceptors (Lipinski definition) is 6. The van der Waals surface area contributed by atoms with Crippen LogP contribution in [-0.4, -0.2) is 62.7 Å². The van der Waals surface area contributed by atoms with Crippen LogP contribution in [0, 0.1) is 0 Å². The highest BCUT2D eigenvalue weighted by atomic mass is 16.5. The molecule has 0 radical (unpaired) electrons. The Labute approximate surface area is 153 Å². The van der Waals surface area contributed by atoms with E-state index in [1.165, 1.54) is 0 Å². The van der Waals surface area contributed by atoms with Crippen LogP contribution in [0.5, 0.6) is 11.5 Å². The summed E-state index contributed by atoms with van der Waals surface area (Å²) in [7, 11) is 3.73. The Balaban J connectivity index is 1.47. The number of methoxy groups -OCH3 is 1. The van der Waals surface area contributed by atoms with Crippen molar-refractivity contribution in [1.82, 2.24) is 9.88 Å². The molecule has 7 heteroatoms. The van der Waals surface area contributed by atoms with Crippen LogP contribution in [0.2, 0.25) is 0 Å². The molecule has 0 unspecified atom stereocenters. The van der Waals surface area contributed by atoms with E-state index in [-0.39, 0.29) is 12.5 Å². The van der Waals surface area contributed by atoms with Gasteiger partial charge in [-0.15, -0.1) is 0 Å². The number of carbonyl (C=O) groups excluding carboxylic acids is 1. The number of carbonyl (C=O) groups is 1. The second-order valence-electron chi connectivity index (χ2n) is 6.21. The summed E-state index contributed by atoms with van der Waals surface area (Å²) in [6.45, 7) is 3.92. The Morgan fingerprint density at radius 3 is 2.38 bits per heavy atom. The fourth-order valence-electron chi connectivity index (χ4n) is 2.70. The molecule has 2 heterocycles. The summed E-state index contributed by atoms with van der Waals surface area (Å²) in [6, 6.07) is 10.9. The number of anilines is 2. The van der Waals surface area contributed by atoms with E-state index >= 15 is 0 Å². The lowest BCUT2D eigenvalue weighted by Gasteiger charge is -2.33. The first kappa shape index (κ1) is 18.0. The van der Waals surface area contributed by atoms with Gasteiger partial charge in [0, 0.05) is 26.2 Å². The topological polar surface area (TPSA) is 66.9 Å². The van der Waals surface area contributed by atoms with Crippen LogP contribution in [0.1, 0.15) is 0 Å². The summed E-state index contributed by atoms with van der Waals surface area (Å²) in [5.74, 6) is 2.07. The molecule has 0 aliphatic carbocycles. The number of likely N-dealkylation sites (N-methyl/N-ethyl adjacent to an activating group) is 1. The number of pyridine rings is 1. The lowest BCUT2D eigenvalue weighted by molar-refractivity contribution is -0.118. The summed E-state index contributed by atoms with van der Waals surface area (Å²) < 4.78 is 10.6. The van der Waals surface area contributed by atoms with Crippen molar-refractivity contribution >= 4 is 17.4 Å². The zero-order valence-electron chi connectivity index (χ0n) is 15.1. The number of nitrogens with zero attached hydrogens (tertiary/aromatic N) is 3. The second-order valence-corrected chi connectivity index (χ2v) is 6.21. The minimum absolute atomic E-state index is 0.0630. The molecule has 0 atom stereocenters. The molecule has 1 aliphatic heterocycles. The maximum absolute atomic E-state index is 12.0. The highest BCUT2D eigenvalue weighted by Gasteiger charge is 2.15. The number of ether oxygens (including phenoxy) is 2. The van der Waals surface area contributed by atoms with Crippen LogP contribution in [0.25, 0.3) is 0 Å².